The van der Waals surface area contributed by atoms with Gasteiger partial charge in [0.1, 0.15) is 5.60 Å². The van der Waals surface area contributed by atoms with E-state index in [-0.39, 0.29) is 18.6 Å². The number of carbonyl (C=O) groups excluding carboxylic acids is 2. The van der Waals surface area contributed by atoms with Crippen LogP contribution < -0.4 is 10.2 Å². The van der Waals surface area contributed by atoms with Gasteiger partial charge in [0.05, 0.1) is 24.9 Å². The number of carbonyl (C=O) groups is 2. The summed E-state index contributed by atoms with van der Waals surface area (Å²) in [5.74, 6) is -0.170. The molecule has 1 atom stereocenters. The van der Waals surface area contributed by atoms with Crippen LogP contribution in [0.5, 0.6) is 0 Å². The van der Waals surface area contributed by atoms with Gasteiger partial charge in [-0.3, -0.25) is 9.69 Å². The molecule has 2 rings (SSSR count). The highest BCUT2D eigenvalue weighted by atomic mass is 16.6. The van der Waals surface area contributed by atoms with E-state index in [9.17, 15) is 14.7 Å². The molecule has 1 aromatic carbocycles. The van der Waals surface area contributed by atoms with Crippen LogP contribution in [0.2, 0.25) is 0 Å². The van der Waals surface area contributed by atoms with Crippen LogP contribution in [0, 0.1) is 0 Å². The highest BCUT2D eigenvalue weighted by molar-refractivity contribution is 5.91. The summed E-state index contributed by atoms with van der Waals surface area (Å²) in [7, 11) is 0. The van der Waals surface area contributed by atoms with E-state index in [1.165, 1.54) is 11.8 Å². The van der Waals surface area contributed by atoms with Gasteiger partial charge in [0, 0.05) is 12.5 Å². The third kappa shape index (κ3) is 3.57. The smallest absolute Gasteiger partial charge is 0.414 e. The first-order valence-corrected chi connectivity index (χ1v) is 7.22. The van der Waals surface area contributed by atoms with E-state index in [0.29, 0.717) is 12.2 Å². The lowest BCUT2D eigenvalue weighted by atomic mass is 10.1. The molecule has 0 saturated heterocycles. The molecule has 120 valence electrons. The number of fused-ring (bicyclic) bond motifs is 1. The maximum absolute atomic E-state index is 12.4. The van der Waals surface area contributed by atoms with Crippen molar-refractivity contribution in [2.24, 2.45) is 0 Å². The fraction of sp³-hybridized carbons (Fsp3) is 0.500. The second kappa shape index (κ2) is 5.96. The van der Waals surface area contributed by atoms with Gasteiger partial charge in [0.2, 0.25) is 5.91 Å². The standard InChI is InChI=1S/C16H22N2O4/c1-10(20)17-13-8-18(15(21)22-16(2,3)4)14-6-5-11(9-19)7-12(13)14/h5-7,13,19H,8-9H2,1-4H3,(H,17,20). The fourth-order valence-electron chi connectivity index (χ4n) is 2.47. The molecular formula is C16H22N2O4. The van der Waals surface area contributed by atoms with Gasteiger partial charge in [-0.05, 0) is 38.5 Å². The Hall–Kier alpha value is -2.08. The number of ether oxygens (including phenoxy) is 1. The van der Waals surface area contributed by atoms with Crippen LogP contribution >= 0.6 is 0 Å². The van der Waals surface area contributed by atoms with Crippen molar-refractivity contribution in [1.82, 2.24) is 5.32 Å². The third-order valence-electron chi connectivity index (χ3n) is 3.30. The van der Waals surface area contributed by atoms with Crippen LogP contribution in [0.15, 0.2) is 18.2 Å². The van der Waals surface area contributed by atoms with Crippen LogP contribution in [0.3, 0.4) is 0 Å². The zero-order chi connectivity index (χ0) is 16.5. The van der Waals surface area contributed by atoms with Crippen LogP contribution in [0.4, 0.5) is 10.5 Å². The molecule has 1 aromatic rings. The first kappa shape index (κ1) is 16.3. The fourth-order valence-corrected chi connectivity index (χ4v) is 2.47. The average molecular weight is 306 g/mol. The van der Waals surface area contributed by atoms with Crippen molar-refractivity contribution >= 4 is 17.7 Å². The van der Waals surface area contributed by atoms with E-state index in [4.69, 9.17) is 4.74 Å². The Bertz CT molecular complexity index is 592. The van der Waals surface area contributed by atoms with Crippen molar-refractivity contribution in [1.29, 1.82) is 0 Å². The number of hydrogen-bond donors (Lipinski definition) is 2. The Morgan fingerprint density at radius 2 is 2.09 bits per heavy atom. The number of aliphatic hydroxyl groups is 1. The number of amides is 2. The largest absolute Gasteiger partial charge is 0.443 e. The van der Waals surface area contributed by atoms with E-state index in [0.717, 1.165) is 11.1 Å². The molecule has 0 bridgehead atoms. The minimum absolute atomic E-state index is 0.0908. The normalized spacial score (nSPS) is 17.1. The Balaban J connectivity index is 2.33. The Morgan fingerprint density at radius 3 is 2.64 bits per heavy atom. The molecule has 0 fully saturated rings. The maximum Gasteiger partial charge on any atom is 0.414 e. The molecular weight excluding hydrogens is 284 g/mol. The molecule has 0 saturated carbocycles. The molecule has 1 unspecified atom stereocenters. The monoisotopic (exact) mass is 306 g/mol. The number of benzene rings is 1. The van der Waals surface area contributed by atoms with Gasteiger partial charge in [0.25, 0.3) is 0 Å². The predicted octanol–water partition coefficient (Wildman–Crippen LogP) is 2.11. The topological polar surface area (TPSA) is 78.9 Å². The van der Waals surface area contributed by atoms with Crippen molar-refractivity contribution < 1.29 is 19.4 Å². The lowest BCUT2D eigenvalue weighted by Gasteiger charge is -2.25. The highest BCUT2D eigenvalue weighted by Gasteiger charge is 2.35. The molecule has 0 radical (unpaired) electrons. The van der Waals surface area contributed by atoms with Crippen LogP contribution in [-0.4, -0.2) is 29.3 Å². The summed E-state index contributed by atoms with van der Waals surface area (Å²) in [6, 6.07) is 5.03. The lowest BCUT2D eigenvalue weighted by Crippen LogP contribution is -2.38. The molecule has 0 aliphatic carbocycles. The molecule has 2 amide bonds. The van der Waals surface area contributed by atoms with E-state index in [1.807, 2.05) is 20.8 Å². The second-order valence-corrected chi connectivity index (χ2v) is 6.40. The van der Waals surface area contributed by atoms with Crippen molar-refractivity contribution in [2.45, 2.75) is 45.9 Å². The molecule has 1 aliphatic rings. The van der Waals surface area contributed by atoms with E-state index in [2.05, 4.69) is 5.32 Å². The van der Waals surface area contributed by atoms with Crippen molar-refractivity contribution in [3.8, 4) is 0 Å². The molecule has 0 spiro atoms. The molecule has 1 heterocycles. The van der Waals surface area contributed by atoms with Gasteiger partial charge in [-0.15, -0.1) is 0 Å². The van der Waals surface area contributed by atoms with Gasteiger partial charge in [-0.2, -0.15) is 0 Å². The van der Waals surface area contributed by atoms with Crippen molar-refractivity contribution in [2.75, 3.05) is 11.4 Å². The van der Waals surface area contributed by atoms with Gasteiger partial charge >= 0.3 is 6.09 Å². The molecule has 6 nitrogen and oxygen atoms in total. The van der Waals surface area contributed by atoms with Gasteiger partial charge in [-0.1, -0.05) is 6.07 Å². The zero-order valence-electron chi connectivity index (χ0n) is 13.3. The summed E-state index contributed by atoms with van der Waals surface area (Å²) < 4.78 is 5.41. The van der Waals surface area contributed by atoms with E-state index >= 15 is 0 Å². The number of aliphatic hydroxyl groups excluding tert-OH is 1. The van der Waals surface area contributed by atoms with E-state index < -0.39 is 11.7 Å². The molecule has 6 heteroatoms. The number of anilines is 1. The van der Waals surface area contributed by atoms with Crippen LogP contribution in [0.1, 0.15) is 44.9 Å². The third-order valence-corrected chi connectivity index (χ3v) is 3.30. The summed E-state index contributed by atoms with van der Waals surface area (Å²) in [4.78, 5) is 25.2. The SMILES string of the molecule is CC(=O)NC1CN(C(=O)OC(C)(C)C)c2ccc(CO)cc21. The molecule has 22 heavy (non-hydrogen) atoms. The quantitative estimate of drug-likeness (QED) is 0.877. The molecule has 1 aliphatic heterocycles. The predicted molar refractivity (Wildman–Crippen MR) is 82.5 cm³/mol. The minimum atomic E-state index is -0.589. The van der Waals surface area contributed by atoms with Crippen LogP contribution in [-0.2, 0) is 16.1 Å². The number of rotatable bonds is 2. The Kier molecular flexibility index (Phi) is 4.42. The highest BCUT2D eigenvalue weighted by Crippen LogP contribution is 2.36. The number of nitrogens with one attached hydrogen (secondary N) is 1. The van der Waals surface area contributed by atoms with Gasteiger partial charge in [0.15, 0.2) is 0 Å². The summed E-state index contributed by atoms with van der Waals surface area (Å²) in [5, 5.41) is 12.1. The lowest BCUT2D eigenvalue weighted by molar-refractivity contribution is -0.119. The molecule has 0 aromatic heterocycles. The summed E-state index contributed by atoms with van der Waals surface area (Å²) >= 11 is 0. The number of hydrogen-bond acceptors (Lipinski definition) is 4. The van der Waals surface area contributed by atoms with Crippen molar-refractivity contribution in [3.05, 3.63) is 29.3 Å². The second-order valence-electron chi connectivity index (χ2n) is 6.40. The van der Waals surface area contributed by atoms with Crippen LogP contribution in [0.25, 0.3) is 0 Å². The van der Waals surface area contributed by atoms with Gasteiger partial charge in [-0.25, -0.2) is 4.79 Å². The summed E-state index contributed by atoms with van der Waals surface area (Å²) in [5.41, 5.74) is 1.66. The summed E-state index contributed by atoms with van der Waals surface area (Å²) in [6.07, 6.45) is -0.446. The van der Waals surface area contributed by atoms with E-state index in [1.54, 1.807) is 18.2 Å². The number of nitrogens with zero attached hydrogens (tertiary/aromatic N) is 1. The Labute approximate surface area is 130 Å². The first-order valence-electron chi connectivity index (χ1n) is 7.22. The maximum atomic E-state index is 12.4. The minimum Gasteiger partial charge on any atom is -0.443 e. The molecule has 2 N–H and O–H groups in total. The first-order chi connectivity index (χ1) is 10.2. The van der Waals surface area contributed by atoms with Crippen molar-refractivity contribution in [3.63, 3.8) is 0 Å². The zero-order valence-corrected chi connectivity index (χ0v) is 13.3. The van der Waals surface area contributed by atoms with Gasteiger partial charge < -0.3 is 15.2 Å². The Morgan fingerprint density at radius 1 is 1.41 bits per heavy atom. The summed E-state index contributed by atoms with van der Waals surface area (Å²) in [6.45, 7) is 7.09. The average Bonchev–Trinajstić information content (AvgIpc) is 2.74.